The number of ether oxygens (including phenoxy) is 1. The Morgan fingerprint density at radius 1 is 0.500 bits per heavy atom. The van der Waals surface area contributed by atoms with Gasteiger partial charge in [-0.3, -0.25) is 9.59 Å². The summed E-state index contributed by atoms with van der Waals surface area (Å²) in [6.45, 7) is 4.85. The van der Waals surface area contributed by atoms with Crippen molar-refractivity contribution in [2.45, 2.75) is 257 Å². The Balaban J connectivity index is 3.58. The molecule has 2 unspecified atom stereocenters. The Labute approximate surface area is 347 Å². The first-order valence-corrected chi connectivity index (χ1v) is 24.2. The monoisotopic (exact) mass is 788 g/mol. The van der Waals surface area contributed by atoms with Gasteiger partial charge in [-0.1, -0.05) is 198 Å². The summed E-state index contributed by atoms with van der Waals surface area (Å²) in [6.07, 6.45) is 54.0. The van der Waals surface area contributed by atoms with Crippen LogP contribution in [0.2, 0.25) is 0 Å². The number of allylic oxidation sites excluding steroid dienone is 6. The van der Waals surface area contributed by atoms with Crippen molar-refractivity contribution in [2.24, 2.45) is 0 Å². The number of hydrogen-bond acceptors (Lipinski definition) is 5. The molecular weight excluding hydrogens is 695 g/mol. The van der Waals surface area contributed by atoms with Crippen molar-refractivity contribution in [2.75, 3.05) is 13.2 Å². The molecule has 0 aromatic carbocycles. The molecule has 0 aliphatic heterocycles. The topological polar surface area (TPSA) is 95.9 Å². The molecule has 2 atom stereocenters. The Bertz CT molecular complexity index is 915. The van der Waals surface area contributed by atoms with Crippen LogP contribution in [0.1, 0.15) is 245 Å². The maximum atomic E-state index is 12.4. The number of aliphatic hydroxyl groups is 2. The van der Waals surface area contributed by atoms with E-state index in [4.69, 9.17) is 4.74 Å². The minimum absolute atomic E-state index is 0.0278. The largest absolute Gasteiger partial charge is 0.466 e. The minimum Gasteiger partial charge on any atom is -0.466 e. The van der Waals surface area contributed by atoms with E-state index in [0.29, 0.717) is 32.3 Å². The zero-order valence-corrected chi connectivity index (χ0v) is 37.1. The predicted molar refractivity (Wildman–Crippen MR) is 241 cm³/mol. The molecule has 0 aromatic heterocycles. The summed E-state index contributed by atoms with van der Waals surface area (Å²) in [6, 6.07) is -0.585. The highest BCUT2D eigenvalue weighted by molar-refractivity contribution is 5.76. The lowest BCUT2D eigenvalue weighted by Gasteiger charge is -2.22. The highest BCUT2D eigenvalue weighted by Gasteiger charge is 2.19. The second kappa shape index (κ2) is 45.8. The summed E-state index contributed by atoms with van der Waals surface area (Å²) in [5, 5.41) is 23.1. The molecule has 6 heteroatoms. The van der Waals surface area contributed by atoms with Gasteiger partial charge >= 0.3 is 5.97 Å². The fraction of sp³-hybridized carbons (Fsp3) is 0.840. The van der Waals surface area contributed by atoms with Crippen LogP contribution >= 0.6 is 0 Å². The lowest BCUT2D eigenvalue weighted by atomic mass is 10.0. The molecule has 0 aromatic rings. The average Bonchev–Trinajstić information content (AvgIpc) is 3.20. The molecule has 0 heterocycles. The third-order valence-electron chi connectivity index (χ3n) is 10.9. The van der Waals surface area contributed by atoms with Crippen LogP contribution in [0.25, 0.3) is 0 Å². The molecule has 328 valence electrons. The average molecular weight is 788 g/mol. The maximum absolute atomic E-state index is 12.4. The van der Waals surface area contributed by atoms with Gasteiger partial charge in [0.25, 0.3) is 0 Å². The normalized spacial score (nSPS) is 13.0. The summed E-state index contributed by atoms with van der Waals surface area (Å²) < 4.78 is 5.43. The van der Waals surface area contributed by atoms with E-state index in [9.17, 15) is 19.8 Å². The van der Waals surface area contributed by atoms with Crippen molar-refractivity contribution in [1.82, 2.24) is 5.32 Å². The second-order valence-corrected chi connectivity index (χ2v) is 16.4. The number of amides is 1. The third-order valence-corrected chi connectivity index (χ3v) is 10.9. The van der Waals surface area contributed by atoms with Crippen LogP contribution in [0.4, 0.5) is 0 Å². The number of hydrogen-bond donors (Lipinski definition) is 3. The van der Waals surface area contributed by atoms with Crippen LogP contribution in [0.3, 0.4) is 0 Å². The highest BCUT2D eigenvalue weighted by atomic mass is 16.5. The van der Waals surface area contributed by atoms with E-state index in [1.165, 1.54) is 154 Å². The second-order valence-electron chi connectivity index (χ2n) is 16.4. The molecule has 0 saturated carbocycles. The van der Waals surface area contributed by atoms with Gasteiger partial charge in [0.1, 0.15) is 0 Å². The molecule has 6 nitrogen and oxygen atoms in total. The van der Waals surface area contributed by atoms with Crippen molar-refractivity contribution in [1.29, 1.82) is 0 Å². The van der Waals surface area contributed by atoms with E-state index in [1.54, 1.807) is 0 Å². The standard InChI is InChI=1S/C50H93NO5/c1-3-5-7-9-11-13-15-17-19-22-26-30-34-38-42-48(53)47(46-52)51-49(54)43-39-35-31-27-23-20-18-21-25-29-33-37-41-45-56-50(55)44-40-36-32-28-24-16-14-12-10-8-6-4-2/h12,14,20,23,31,35,47-48,52-53H,3-11,13,15-19,21-22,24-30,32-34,36-46H2,1-2H3,(H,51,54)/b14-12-,23-20-,35-31-. The molecule has 56 heavy (non-hydrogen) atoms. The van der Waals surface area contributed by atoms with Gasteiger partial charge in [0, 0.05) is 12.8 Å². The van der Waals surface area contributed by atoms with Crippen LogP contribution in [-0.4, -0.2) is 47.4 Å². The molecule has 0 aliphatic rings. The zero-order chi connectivity index (χ0) is 40.8. The highest BCUT2D eigenvalue weighted by Crippen LogP contribution is 2.15. The van der Waals surface area contributed by atoms with Crippen molar-refractivity contribution in [3.8, 4) is 0 Å². The van der Waals surface area contributed by atoms with Gasteiger partial charge < -0.3 is 20.3 Å². The number of unbranched alkanes of at least 4 members (excludes halogenated alkanes) is 27. The molecule has 0 aliphatic carbocycles. The minimum atomic E-state index is -0.698. The summed E-state index contributed by atoms with van der Waals surface area (Å²) in [5.74, 6) is -0.145. The Morgan fingerprint density at radius 3 is 1.45 bits per heavy atom. The summed E-state index contributed by atoms with van der Waals surface area (Å²) >= 11 is 0. The maximum Gasteiger partial charge on any atom is 0.305 e. The van der Waals surface area contributed by atoms with Crippen LogP contribution in [0.5, 0.6) is 0 Å². The fourth-order valence-corrected chi connectivity index (χ4v) is 7.15. The SMILES string of the molecule is CCCCC/C=C\CCCCCCCC(=O)OCCCCCCCC/C=C\C/C=C\CCC(=O)NC(CO)C(O)CCCCCCCCCCCCCCCC. The van der Waals surface area contributed by atoms with E-state index in [2.05, 4.69) is 49.5 Å². The number of esters is 1. The van der Waals surface area contributed by atoms with Crippen LogP contribution in [0.15, 0.2) is 36.5 Å². The molecule has 0 spiro atoms. The quantitative estimate of drug-likeness (QED) is 0.0325. The molecular formula is C50H93NO5. The van der Waals surface area contributed by atoms with Gasteiger partial charge in [-0.25, -0.2) is 0 Å². The molecule has 0 fully saturated rings. The number of nitrogens with one attached hydrogen (secondary N) is 1. The van der Waals surface area contributed by atoms with E-state index < -0.39 is 12.1 Å². The number of carbonyl (C=O) groups is 2. The van der Waals surface area contributed by atoms with Crippen molar-refractivity contribution < 1.29 is 24.5 Å². The predicted octanol–water partition coefficient (Wildman–Crippen LogP) is 14.1. The van der Waals surface area contributed by atoms with E-state index >= 15 is 0 Å². The van der Waals surface area contributed by atoms with Crippen LogP contribution in [0, 0.1) is 0 Å². The molecule has 1 amide bonds. The van der Waals surface area contributed by atoms with Gasteiger partial charge in [-0.2, -0.15) is 0 Å². The molecule has 0 bridgehead atoms. The number of carbonyl (C=O) groups excluding carboxylic acids is 2. The Hall–Kier alpha value is -1.92. The van der Waals surface area contributed by atoms with E-state index in [0.717, 1.165) is 51.4 Å². The first-order chi connectivity index (χ1) is 27.5. The Morgan fingerprint density at radius 2 is 0.911 bits per heavy atom. The first-order valence-electron chi connectivity index (χ1n) is 24.2. The van der Waals surface area contributed by atoms with Gasteiger partial charge in [0.05, 0.1) is 25.4 Å². The van der Waals surface area contributed by atoms with E-state index in [-0.39, 0.29) is 18.5 Å². The third kappa shape index (κ3) is 41.7. The van der Waals surface area contributed by atoms with Crippen molar-refractivity contribution in [3.63, 3.8) is 0 Å². The first kappa shape index (κ1) is 54.1. The van der Waals surface area contributed by atoms with Gasteiger partial charge in [-0.05, 0) is 70.6 Å². The lowest BCUT2D eigenvalue weighted by molar-refractivity contribution is -0.143. The molecule has 3 N–H and O–H groups in total. The summed E-state index contributed by atoms with van der Waals surface area (Å²) in [5.41, 5.74) is 0. The number of aliphatic hydroxyl groups excluding tert-OH is 2. The number of rotatable bonds is 44. The van der Waals surface area contributed by atoms with Crippen molar-refractivity contribution in [3.05, 3.63) is 36.5 Å². The summed E-state index contributed by atoms with van der Waals surface area (Å²) in [4.78, 5) is 24.4. The fourth-order valence-electron chi connectivity index (χ4n) is 7.15. The molecule has 0 saturated heterocycles. The molecule has 0 radical (unpaired) electrons. The Kier molecular flexibility index (Phi) is 44.2. The van der Waals surface area contributed by atoms with Gasteiger partial charge in [0.15, 0.2) is 0 Å². The smallest absolute Gasteiger partial charge is 0.305 e. The lowest BCUT2D eigenvalue weighted by Crippen LogP contribution is -2.45. The summed E-state index contributed by atoms with van der Waals surface area (Å²) in [7, 11) is 0. The van der Waals surface area contributed by atoms with Crippen LogP contribution < -0.4 is 5.32 Å². The molecule has 0 rings (SSSR count). The van der Waals surface area contributed by atoms with Crippen molar-refractivity contribution >= 4 is 11.9 Å². The zero-order valence-electron chi connectivity index (χ0n) is 37.1. The van der Waals surface area contributed by atoms with E-state index in [1.807, 2.05) is 6.08 Å². The van der Waals surface area contributed by atoms with Gasteiger partial charge in [-0.15, -0.1) is 0 Å². The van der Waals surface area contributed by atoms with Crippen LogP contribution in [-0.2, 0) is 14.3 Å². The van der Waals surface area contributed by atoms with Gasteiger partial charge in [0.2, 0.25) is 5.91 Å².